The normalized spacial score (nSPS) is 19.9. The van der Waals surface area contributed by atoms with Gasteiger partial charge in [-0.15, -0.1) is 0 Å². The van der Waals surface area contributed by atoms with Crippen molar-refractivity contribution < 1.29 is 17.9 Å². The SMILES string of the molecule is Cc1nc(N2CCOCC2)cc(N2CCN(S(=O)(=O)c3ccc4c(c3)CCO4)CC2)n1. The Balaban J connectivity index is 1.29. The van der Waals surface area contributed by atoms with Crippen LogP contribution in [0.15, 0.2) is 29.2 Å². The minimum absolute atomic E-state index is 0.345. The Hall–Kier alpha value is -2.43. The Morgan fingerprint density at radius 1 is 0.871 bits per heavy atom. The second-order valence-corrected chi connectivity index (χ2v) is 9.93. The Bertz CT molecular complexity index is 1060. The molecule has 1 aromatic heterocycles. The molecule has 31 heavy (non-hydrogen) atoms. The van der Waals surface area contributed by atoms with Gasteiger partial charge in [0.05, 0.1) is 24.7 Å². The smallest absolute Gasteiger partial charge is 0.243 e. The van der Waals surface area contributed by atoms with Crippen molar-refractivity contribution in [2.45, 2.75) is 18.2 Å². The van der Waals surface area contributed by atoms with Gasteiger partial charge in [-0.05, 0) is 30.7 Å². The molecule has 2 fully saturated rings. The standard InChI is InChI=1S/C21H27N5O4S/c1-16-22-20(15-21(23-16)25-9-12-29-13-10-25)24-5-7-26(8-6-24)31(27,28)18-2-3-19-17(14-18)4-11-30-19/h2-3,14-15H,4-13H2,1H3. The highest BCUT2D eigenvalue weighted by Crippen LogP contribution is 2.29. The lowest BCUT2D eigenvalue weighted by Gasteiger charge is -2.35. The van der Waals surface area contributed by atoms with E-state index in [0.29, 0.717) is 50.9 Å². The number of rotatable bonds is 4. The molecule has 0 bridgehead atoms. The van der Waals surface area contributed by atoms with Crippen LogP contribution in [0.2, 0.25) is 0 Å². The third-order valence-corrected chi connectivity index (χ3v) is 7.90. The van der Waals surface area contributed by atoms with E-state index in [9.17, 15) is 8.42 Å². The summed E-state index contributed by atoms with van der Waals surface area (Å²) in [5.74, 6) is 3.26. The molecule has 0 radical (unpaired) electrons. The number of fused-ring (bicyclic) bond motifs is 1. The first-order chi connectivity index (χ1) is 15.0. The fourth-order valence-corrected chi connectivity index (χ4v) is 5.76. The van der Waals surface area contributed by atoms with Crippen molar-refractivity contribution in [2.75, 3.05) is 68.9 Å². The summed E-state index contributed by atoms with van der Waals surface area (Å²) < 4.78 is 38.8. The Morgan fingerprint density at radius 3 is 2.26 bits per heavy atom. The van der Waals surface area contributed by atoms with Gasteiger partial charge in [-0.2, -0.15) is 4.31 Å². The van der Waals surface area contributed by atoms with Crippen molar-refractivity contribution in [3.8, 4) is 5.75 Å². The number of morpholine rings is 1. The Kier molecular flexibility index (Phi) is 5.45. The number of nitrogens with zero attached hydrogens (tertiary/aromatic N) is 5. The quantitative estimate of drug-likeness (QED) is 0.691. The van der Waals surface area contributed by atoms with Crippen LogP contribution in [0.4, 0.5) is 11.6 Å². The maximum Gasteiger partial charge on any atom is 0.243 e. The van der Waals surface area contributed by atoms with Crippen LogP contribution in [0.3, 0.4) is 0 Å². The molecular formula is C21H27N5O4S. The highest BCUT2D eigenvalue weighted by Gasteiger charge is 2.30. The average molecular weight is 446 g/mol. The largest absolute Gasteiger partial charge is 0.493 e. The lowest BCUT2D eigenvalue weighted by atomic mass is 10.2. The van der Waals surface area contributed by atoms with Crippen molar-refractivity contribution in [3.63, 3.8) is 0 Å². The lowest BCUT2D eigenvalue weighted by Crippen LogP contribution is -2.49. The third kappa shape index (κ3) is 4.07. The van der Waals surface area contributed by atoms with Crippen molar-refractivity contribution in [1.82, 2.24) is 14.3 Å². The molecule has 9 nitrogen and oxygen atoms in total. The van der Waals surface area contributed by atoms with Crippen LogP contribution < -0.4 is 14.5 Å². The number of anilines is 2. The summed E-state index contributed by atoms with van der Waals surface area (Å²) in [7, 11) is -3.53. The summed E-state index contributed by atoms with van der Waals surface area (Å²) in [6.45, 7) is 7.55. The second kappa shape index (κ2) is 8.25. The van der Waals surface area contributed by atoms with Crippen molar-refractivity contribution in [2.24, 2.45) is 0 Å². The average Bonchev–Trinajstić information content (AvgIpc) is 3.27. The molecule has 4 heterocycles. The third-order valence-electron chi connectivity index (χ3n) is 6.01. The van der Waals surface area contributed by atoms with Crippen LogP contribution in [0.1, 0.15) is 11.4 Å². The predicted octanol–water partition coefficient (Wildman–Crippen LogP) is 1.07. The van der Waals surface area contributed by atoms with E-state index in [4.69, 9.17) is 9.47 Å². The molecule has 2 saturated heterocycles. The molecule has 0 aliphatic carbocycles. The summed E-state index contributed by atoms with van der Waals surface area (Å²) in [6, 6.07) is 7.17. The van der Waals surface area contributed by atoms with E-state index in [0.717, 1.165) is 48.3 Å². The zero-order valence-corrected chi connectivity index (χ0v) is 18.5. The minimum Gasteiger partial charge on any atom is -0.493 e. The predicted molar refractivity (Wildman–Crippen MR) is 116 cm³/mol. The Morgan fingerprint density at radius 2 is 1.55 bits per heavy atom. The molecule has 0 unspecified atom stereocenters. The van der Waals surface area contributed by atoms with E-state index in [2.05, 4.69) is 19.8 Å². The first-order valence-electron chi connectivity index (χ1n) is 10.7. The molecule has 0 N–H and O–H groups in total. The highest BCUT2D eigenvalue weighted by molar-refractivity contribution is 7.89. The molecule has 5 rings (SSSR count). The van der Waals surface area contributed by atoms with Crippen molar-refractivity contribution in [3.05, 3.63) is 35.7 Å². The molecule has 0 saturated carbocycles. The first-order valence-corrected chi connectivity index (χ1v) is 12.1. The number of sulfonamides is 1. The molecule has 0 spiro atoms. The maximum atomic E-state index is 13.2. The minimum atomic E-state index is -3.53. The van der Waals surface area contributed by atoms with Crippen molar-refractivity contribution >= 4 is 21.7 Å². The molecule has 10 heteroatoms. The van der Waals surface area contributed by atoms with Gasteiger partial charge >= 0.3 is 0 Å². The van der Waals surface area contributed by atoms with E-state index < -0.39 is 10.0 Å². The number of hydrogen-bond acceptors (Lipinski definition) is 8. The van der Waals surface area contributed by atoms with Gasteiger partial charge in [-0.25, -0.2) is 18.4 Å². The van der Waals surface area contributed by atoms with E-state index >= 15 is 0 Å². The molecule has 0 atom stereocenters. The maximum absolute atomic E-state index is 13.2. The first kappa shape index (κ1) is 20.5. The Labute approximate surface area is 182 Å². The summed E-state index contributed by atoms with van der Waals surface area (Å²) >= 11 is 0. The lowest BCUT2D eigenvalue weighted by molar-refractivity contribution is 0.122. The monoisotopic (exact) mass is 445 g/mol. The summed E-state index contributed by atoms with van der Waals surface area (Å²) in [5, 5.41) is 0. The van der Waals surface area contributed by atoms with Gasteiger partial charge in [-0.3, -0.25) is 0 Å². The van der Waals surface area contributed by atoms with Crippen molar-refractivity contribution in [1.29, 1.82) is 0 Å². The van der Waals surface area contributed by atoms with Gasteiger partial charge in [0.1, 0.15) is 23.2 Å². The van der Waals surface area contributed by atoms with Gasteiger partial charge in [0.25, 0.3) is 0 Å². The van der Waals surface area contributed by atoms with Gasteiger partial charge in [0.15, 0.2) is 0 Å². The number of aromatic nitrogens is 2. The fourth-order valence-electron chi connectivity index (χ4n) is 4.28. The number of benzene rings is 1. The topological polar surface area (TPSA) is 88.1 Å². The number of aryl methyl sites for hydroxylation is 1. The van der Waals surface area contributed by atoms with E-state index in [1.54, 1.807) is 22.5 Å². The van der Waals surface area contributed by atoms with Crippen LogP contribution >= 0.6 is 0 Å². The molecule has 1 aromatic carbocycles. The molecular weight excluding hydrogens is 418 g/mol. The van der Waals surface area contributed by atoms with Gasteiger partial charge in [0, 0.05) is 51.8 Å². The number of ether oxygens (including phenoxy) is 2. The van der Waals surface area contributed by atoms with Gasteiger partial charge < -0.3 is 19.3 Å². The summed E-state index contributed by atoms with van der Waals surface area (Å²) in [6.07, 6.45) is 0.755. The molecule has 166 valence electrons. The van der Waals surface area contributed by atoms with E-state index in [1.165, 1.54) is 0 Å². The number of hydrogen-bond donors (Lipinski definition) is 0. The van der Waals surface area contributed by atoms with E-state index in [-0.39, 0.29) is 0 Å². The summed E-state index contributed by atoms with van der Waals surface area (Å²) in [4.78, 5) is 13.9. The van der Waals surface area contributed by atoms with Crippen LogP contribution in [-0.2, 0) is 21.2 Å². The van der Waals surface area contributed by atoms with E-state index in [1.807, 2.05) is 13.0 Å². The van der Waals surface area contributed by atoms with Crippen LogP contribution in [-0.4, -0.2) is 81.8 Å². The van der Waals surface area contributed by atoms with Gasteiger partial charge in [-0.1, -0.05) is 0 Å². The van der Waals surface area contributed by atoms with Crippen LogP contribution in [0.5, 0.6) is 5.75 Å². The second-order valence-electron chi connectivity index (χ2n) is 7.99. The summed E-state index contributed by atoms with van der Waals surface area (Å²) in [5.41, 5.74) is 0.965. The van der Waals surface area contributed by atoms with Gasteiger partial charge in [0.2, 0.25) is 10.0 Å². The molecule has 3 aliphatic heterocycles. The number of piperazine rings is 1. The molecule has 3 aliphatic rings. The zero-order valence-electron chi connectivity index (χ0n) is 17.7. The molecule has 0 amide bonds. The van der Waals surface area contributed by atoms with Crippen LogP contribution in [0.25, 0.3) is 0 Å². The fraction of sp³-hybridized carbons (Fsp3) is 0.524. The highest BCUT2D eigenvalue weighted by atomic mass is 32.2. The molecule has 2 aromatic rings. The van der Waals surface area contributed by atoms with Crippen LogP contribution in [0, 0.1) is 6.92 Å². The zero-order chi connectivity index (χ0) is 21.4.